The first-order chi connectivity index (χ1) is 11.6. The minimum Gasteiger partial charge on any atom is -0.505 e. The lowest BCUT2D eigenvalue weighted by Crippen LogP contribution is -2.47. The molecule has 0 bridgehead atoms. The van der Waals surface area contributed by atoms with Crippen molar-refractivity contribution in [3.63, 3.8) is 0 Å². The molecule has 1 heterocycles. The summed E-state index contributed by atoms with van der Waals surface area (Å²) < 4.78 is 32.8. The van der Waals surface area contributed by atoms with Gasteiger partial charge in [-0.1, -0.05) is 0 Å². The van der Waals surface area contributed by atoms with Crippen LogP contribution in [-0.4, -0.2) is 46.7 Å². The number of phenols is 1. The highest BCUT2D eigenvalue weighted by atomic mass is 19.1. The number of ether oxygens (including phenoxy) is 1. The number of nitrogens with zero attached hydrogens (tertiary/aromatic N) is 1. The van der Waals surface area contributed by atoms with E-state index in [-0.39, 0.29) is 19.1 Å². The van der Waals surface area contributed by atoms with E-state index in [1.54, 1.807) is 20.8 Å². The minimum absolute atomic E-state index is 0.183. The Kier molecular flexibility index (Phi) is 5.49. The number of carbonyl (C=O) groups excluding carboxylic acids is 2. The zero-order valence-electron chi connectivity index (χ0n) is 14.4. The zero-order chi connectivity index (χ0) is 18.8. The molecule has 1 saturated heterocycles. The van der Waals surface area contributed by atoms with Crippen molar-refractivity contribution in [2.24, 2.45) is 0 Å². The quantitative estimate of drug-likeness (QED) is 0.854. The fourth-order valence-electron chi connectivity index (χ4n) is 2.60. The summed E-state index contributed by atoms with van der Waals surface area (Å²) in [5.74, 6) is -3.87. The van der Waals surface area contributed by atoms with Gasteiger partial charge in [-0.3, -0.25) is 4.79 Å². The molecule has 0 aliphatic carbocycles. The first-order valence-corrected chi connectivity index (χ1v) is 8.04. The van der Waals surface area contributed by atoms with Crippen LogP contribution in [0.1, 0.15) is 44.0 Å². The molecule has 1 aromatic carbocycles. The predicted molar refractivity (Wildman–Crippen MR) is 86.3 cm³/mol. The van der Waals surface area contributed by atoms with Crippen molar-refractivity contribution in [3.8, 4) is 5.75 Å². The van der Waals surface area contributed by atoms with Gasteiger partial charge in [0.25, 0.3) is 5.91 Å². The van der Waals surface area contributed by atoms with Crippen molar-refractivity contribution in [3.05, 3.63) is 29.3 Å². The van der Waals surface area contributed by atoms with E-state index in [2.05, 4.69) is 5.32 Å². The van der Waals surface area contributed by atoms with Crippen molar-refractivity contribution in [1.82, 2.24) is 10.2 Å². The van der Waals surface area contributed by atoms with Crippen molar-refractivity contribution in [2.75, 3.05) is 13.1 Å². The predicted octanol–water partition coefficient (Wildman–Crippen LogP) is 2.80. The van der Waals surface area contributed by atoms with E-state index in [0.717, 1.165) is 12.1 Å². The van der Waals surface area contributed by atoms with Gasteiger partial charge < -0.3 is 20.1 Å². The lowest BCUT2D eigenvalue weighted by Gasteiger charge is -2.33. The van der Waals surface area contributed by atoms with Gasteiger partial charge in [-0.15, -0.1) is 0 Å². The van der Waals surface area contributed by atoms with Gasteiger partial charge >= 0.3 is 6.09 Å². The Hall–Kier alpha value is -2.38. The number of likely N-dealkylation sites (tertiary alicyclic amines) is 1. The number of nitrogens with one attached hydrogen (secondary N) is 1. The maximum absolute atomic E-state index is 13.9. The van der Waals surface area contributed by atoms with Crippen LogP contribution in [0.15, 0.2) is 12.1 Å². The summed E-state index contributed by atoms with van der Waals surface area (Å²) in [6.07, 6.45) is 0.336. The van der Waals surface area contributed by atoms with Gasteiger partial charge in [-0.05, 0) is 45.7 Å². The number of benzene rings is 1. The van der Waals surface area contributed by atoms with Crippen LogP contribution in [0.2, 0.25) is 0 Å². The molecule has 2 amide bonds. The second-order valence-electron chi connectivity index (χ2n) is 6.97. The van der Waals surface area contributed by atoms with Crippen LogP contribution in [0.5, 0.6) is 5.75 Å². The van der Waals surface area contributed by atoms with Gasteiger partial charge in [0.2, 0.25) is 0 Å². The molecule has 0 spiro atoms. The van der Waals surface area contributed by atoms with E-state index in [9.17, 15) is 23.5 Å². The van der Waals surface area contributed by atoms with Crippen molar-refractivity contribution >= 4 is 12.0 Å². The first-order valence-electron chi connectivity index (χ1n) is 8.04. The van der Waals surface area contributed by atoms with Gasteiger partial charge in [0, 0.05) is 19.1 Å². The first kappa shape index (κ1) is 19.0. The molecular formula is C17H22F2N2O4. The van der Waals surface area contributed by atoms with Crippen LogP contribution in [0.3, 0.4) is 0 Å². The maximum Gasteiger partial charge on any atom is 0.407 e. The largest absolute Gasteiger partial charge is 0.505 e. The molecule has 0 unspecified atom stereocenters. The third-order valence-corrected chi connectivity index (χ3v) is 3.79. The van der Waals surface area contributed by atoms with Crippen molar-refractivity contribution in [1.29, 1.82) is 0 Å². The van der Waals surface area contributed by atoms with E-state index in [0.29, 0.717) is 12.8 Å². The van der Waals surface area contributed by atoms with Crippen LogP contribution >= 0.6 is 0 Å². The summed E-state index contributed by atoms with van der Waals surface area (Å²) in [5, 5.41) is 12.1. The molecule has 1 fully saturated rings. The third-order valence-electron chi connectivity index (χ3n) is 3.79. The van der Waals surface area contributed by atoms with Gasteiger partial charge in [-0.25, -0.2) is 13.6 Å². The summed E-state index contributed by atoms with van der Waals surface area (Å²) in [7, 11) is 0. The zero-order valence-corrected chi connectivity index (χ0v) is 14.4. The number of aromatic hydroxyl groups is 1. The molecule has 0 saturated carbocycles. The highest BCUT2D eigenvalue weighted by Gasteiger charge is 2.29. The van der Waals surface area contributed by atoms with Gasteiger partial charge in [0.05, 0.1) is 0 Å². The highest BCUT2D eigenvalue weighted by Crippen LogP contribution is 2.24. The topological polar surface area (TPSA) is 78.9 Å². The van der Waals surface area contributed by atoms with Crippen LogP contribution in [0.25, 0.3) is 0 Å². The Morgan fingerprint density at radius 2 is 1.84 bits per heavy atom. The number of amides is 2. The highest BCUT2D eigenvalue weighted by molar-refractivity contribution is 5.95. The van der Waals surface area contributed by atoms with Crippen molar-refractivity contribution < 1.29 is 28.2 Å². The van der Waals surface area contributed by atoms with E-state index >= 15 is 0 Å². The molecule has 25 heavy (non-hydrogen) atoms. The molecule has 0 aromatic heterocycles. The van der Waals surface area contributed by atoms with E-state index in [1.807, 2.05) is 0 Å². The molecule has 0 atom stereocenters. The molecule has 1 aromatic rings. The number of hydrogen-bond acceptors (Lipinski definition) is 4. The monoisotopic (exact) mass is 356 g/mol. The standard InChI is InChI=1S/C17H22F2N2O4/c1-17(2,3)25-16(24)20-10-6-8-21(9-7-10)15(23)13-11(18)4-5-12(22)14(13)19/h4-5,10,22H,6-9H2,1-3H3,(H,20,24). The number of alkyl carbamates (subject to hydrolysis) is 1. The van der Waals surface area contributed by atoms with Crippen molar-refractivity contribution in [2.45, 2.75) is 45.3 Å². The SMILES string of the molecule is CC(C)(C)OC(=O)NC1CCN(C(=O)c2c(F)ccc(O)c2F)CC1. The summed E-state index contributed by atoms with van der Waals surface area (Å²) in [6, 6.07) is 1.53. The fraction of sp³-hybridized carbons (Fsp3) is 0.529. The van der Waals surface area contributed by atoms with E-state index in [4.69, 9.17) is 4.74 Å². The Balaban J connectivity index is 1.95. The van der Waals surface area contributed by atoms with Crippen LogP contribution in [-0.2, 0) is 4.74 Å². The number of halogens is 2. The van der Waals surface area contributed by atoms with E-state index in [1.165, 1.54) is 4.90 Å². The maximum atomic E-state index is 13.9. The Labute approximate surface area is 144 Å². The molecule has 1 aliphatic rings. The molecule has 138 valence electrons. The minimum atomic E-state index is -1.26. The lowest BCUT2D eigenvalue weighted by atomic mass is 10.0. The molecule has 0 radical (unpaired) electrons. The second kappa shape index (κ2) is 7.25. The molecule has 6 nitrogen and oxygen atoms in total. The average Bonchev–Trinajstić information content (AvgIpc) is 2.50. The summed E-state index contributed by atoms with van der Waals surface area (Å²) in [4.78, 5) is 25.4. The number of phenolic OH excluding ortho intramolecular Hbond substituents is 1. The summed E-state index contributed by atoms with van der Waals surface area (Å²) in [6.45, 7) is 5.73. The second-order valence-corrected chi connectivity index (χ2v) is 6.97. The average molecular weight is 356 g/mol. The molecule has 8 heteroatoms. The lowest BCUT2D eigenvalue weighted by molar-refractivity contribution is 0.0473. The van der Waals surface area contributed by atoms with Crippen LogP contribution < -0.4 is 5.32 Å². The number of hydrogen-bond donors (Lipinski definition) is 2. The number of piperidine rings is 1. The Morgan fingerprint density at radius 1 is 1.24 bits per heavy atom. The van der Waals surface area contributed by atoms with Gasteiger partial charge in [-0.2, -0.15) is 0 Å². The van der Waals surface area contributed by atoms with Crippen LogP contribution in [0, 0.1) is 11.6 Å². The summed E-state index contributed by atoms with van der Waals surface area (Å²) in [5.41, 5.74) is -1.37. The van der Waals surface area contributed by atoms with Crippen LogP contribution in [0.4, 0.5) is 13.6 Å². The van der Waals surface area contributed by atoms with E-state index < -0.39 is 40.5 Å². The number of carbonyl (C=O) groups is 2. The normalized spacial score (nSPS) is 15.8. The molecule has 1 aliphatic heterocycles. The molecule has 2 N–H and O–H groups in total. The van der Waals surface area contributed by atoms with Gasteiger partial charge in [0.15, 0.2) is 11.6 Å². The third kappa shape index (κ3) is 4.80. The molecule has 2 rings (SSSR count). The Bertz CT molecular complexity index is 665. The fourth-order valence-corrected chi connectivity index (χ4v) is 2.60. The Morgan fingerprint density at radius 3 is 2.40 bits per heavy atom. The van der Waals surface area contributed by atoms with Gasteiger partial charge in [0.1, 0.15) is 17.0 Å². The number of rotatable bonds is 2. The molecular weight excluding hydrogens is 334 g/mol. The summed E-state index contributed by atoms with van der Waals surface area (Å²) >= 11 is 0. The smallest absolute Gasteiger partial charge is 0.407 e.